The lowest BCUT2D eigenvalue weighted by molar-refractivity contribution is -0.117. The third-order valence-corrected chi connectivity index (χ3v) is 3.71. The first kappa shape index (κ1) is 18.1. The van der Waals surface area contributed by atoms with Crippen molar-refractivity contribution in [1.82, 2.24) is 9.78 Å². The Morgan fingerprint density at radius 1 is 0.963 bits per heavy atom. The van der Waals surface area contributed by atoms with E-state index in [1.54, 1.807) is 24.3 Å². The van der Waals surface area contributed by atoms with E-state index in [1.165, 1.54) is 13.0 Å². The van der Waals surface area contributed by atoms with Crippen molar-refractivity contribution < 1.29 is 9.59 Å². The number of nitrogens with zero attached hydrogens (tertiary/aromatic N) is 2. The van der Waals surface area contributed by atoms with Crippen molar-refractivity contribution in [3.05, 3.63) is 77.1 Å². The van der Waals surface area contributed by atoms with Crippen molar-refractivity contribution in [3.63, 3.8) is 0 Å². The summed E-state index contributed by atoms with van der Waals surface area (Å²) in [4.78, 5) is 36.3. The average molecular weight is 362 g/mol. The fourth-order valence-corrected chi connectivity index (χ4v) is 2.54. The molecule has 2 aromatic carbocycles. The molecular formula is C20H18N4O3. The second-order valence-corrected chi connectivity index (χ2v) is 5.87. The zero-order valence-electron chi connectivity index (χ0n) is 14.7. The smallest absolute Gasteiger partial charge is 0.291 e. The quantitative estimate of drug-likeness (QED) is 0.729. The van der Waals surface area contributed by atoms with Gasteiger partial charge in [-0.05, 0) is 18.2 Å². The Morgan fingerprint density at radius 3 is 2.22 bits per heavy atom. The first-order chi connectivity index (χ1) is 13.0. The summed E-state index contributed by atoms with van der Waals surface area (Å²) >= 11 is 0. The van der Waals surface area contributed by atoms with Gasteiger partial charge in [-0.2, -0.15) is 5.10 Å². The fourth-order valence-electron chi connectivity index (χ4n) is 2.54. The van der Waals surface area contributed by atoms with Gasteiger partial charge in [0.1, 0.15) is 12.2 Å². The largest absolute Gasteiger partial charge is 0.324 e. The number of amides is 2. The minimum atomic E-state index is -0.548. The van der Waals surface area contributed by atoms with E-state index in [9.17, 15) is 14.4 Å². The van der Waals surface area contributed by atoms with Crippen LogP contribution in [0.1, 0.15) is 6.92 Å². The summed E-state index contributed by atoms with van der Waals surface area (Å²) in [5, 5.41) is 9.50. The summed E-state index contributed by atoms with van der Waals surface area (Å²) < 4.78 is 1.05. The molecule has 0 aliphatic heterocycles. The van der Waals surface area contributed by atoms with Crippen molar-refractivity contribution in [1.29, 1.82) is 0 Å². The van der Waals surface area contributed by atoms with E-state index in [4.69, 9.17) is 0 Å². The summed E-state index contributed by atoms with van der Waals surface area (Å²) in [6.07, 6.45) is 0. The number of hydrogen-bond acceptors (Lipinski definition) is 4. The Hall–Kier alpha value is -3.74. The van der Waals surface area contributed by atoms with Crippen molar-refractivity contribution >= 4 is 23.2 Å². The van der Waals surface area contributed by atoms with Crippen LogP contribution in [0.2, 0.25) is 0 Å². The van der Waals surface area contributed by atoms with Gasteiger partial charge in [0, 0.05) is 18.2 Å². The minimum Gasteiger partial charge on any atom is -0.324 e. The van der Waals surface area contributed by atoms with Crippen LogP contribution in [0.15, 0.2) is 71.5 Å². The molecule has 2 amide bonds. The third kappa shape index (κ3) is 4.66. The molecule has 0 atom stereocenters. The van der Waals surface area contributed by atoms with E-state index in [1.807, 2.05) is 36.4 Å². The number of rotatable bonds is 5. The molecule has 0 aliphatic carbocycles. The molecule has 7 heteroatoms. The molecule has 0 fully saturated rings. The fraction of sp³-hybridized carbons (Fsp3) is 0.100. The molecule has 0 unspecified atom stereocenters. The maximum absolute atomic E-state index is 12.6. The molecule has 0 bridgehead atoms. The van der Waals surface area contributed by atoms with Gasteiger partial charge in [0.2, 0.25) is 11.8 Å². The standard InChI is InChI=1S/C20H18N4O3/c1-14(25)21-18-12-17(15-8-4-2-5-9-15)23-24(20(18)27)13-19(26)22-16-10-6-3-7-11-16/h2-12H,13H2,1H3,(H,21,25)(H,22,26). The van der Waals surface area contributed by atoms with Gasteiger partial charge in [-0.15, -0.1) is 0 Å². The molecule has 0 saturated heterocycles. The molecule has 1 heterocycles. The Morgan fingerprint density at radius 2 is 1.59 bits per heavy atom. The zero-order valence-corrected chi connectivity index (χ0v) is 14.7. The SMILES string of the molecule is CC(=O)Nc1cc(-c2ccccc2)nn(CC(=O)Nc2ccccc2)c1=O. The molecule has 27 heavy (non-hydrogen) atoms. The third-order valence-electron chi connectivity index (χ3n) is 3.71. The molecule has 1 aromatic heterocycles. The van der Waals surface area contributed by atoms with Crippen LogP contribution in [0.3, 0.4) is 0 Å². The van der Waals surface area contributed by atoms with Crippen LogP contribution in [0, 0.1) is 0 Å². The Balaban J connectivity index is 1.94. The lowest BCUT2D eigenvalue weighted by Crippen LogP contribution is -2.32. The van der Waals surface area contributed by atoms with Crippen molar-refractivity contribution in [3.8, 4) is 11.3 Å². The Kier molecular flexibility index (Phi) is 5.41. The van der Waals surface area contributed by atoms with Crippen molar-refractivity contribution in [2.75, 3.05) is 10.6 Å². The van der Waals surface area contributed by atoms with Crippen LogP contribution in [-0.4, -0.2) is 21.6 Å². The molecule has 0 spiro atoms. The maximum Gasteiger partial charge on any atom is 0.291 e. The van der Waals surface area contributed by atoms with Gasteiger partial charge in [0.25, 0.3) is 5.56 Å². The first-order valence-electron chi connectivity index (χ1n) is 8.33. The molecule has 0 saturated carbocycles. The van der Waals surface area contributed by atoms with E-state index in [-0.39, 0.29) is 18.1 Å². The van der Waals surface area contributed by atoms with Crippen LogP contribution in [0.4, 0.5) is 11.4 Å². The summed E-state index contributed by atoms with van der Waals surface area (Å²) in [5.41, 5.74) is 1.39. The average Bonchev–Trinajstić information content (AvgIpc) is 2.66. The van der Waals surface area contributed by atoms with Gasteiger partial charge in [-0.25, -0.2) is 4.68 Å². The highest BCUT2D eigenvalue weighted by molar-refractivity contribution is 5.91. The Labute approximate surface area is 155 Å². The maximum atomic E-state index is 12.6. The second-order valence-electron chi connectivity index (χ2n) is 5.87. The highest BCUT2D eigenvalue weighted by Gasteiger charge is 2.14. The van der Waals surface area contributed by atoms with E-state index < -0.39 is 11.5 Å². The second kappa shape index (κ2) is 8.09. The highest BCUT2D eigenvalue weighted by Crippen LogP contribution is 2.17. The number of para-hydroxylation sites is 1. The predicted molar refractivity (Wildman–Crippen MR) is 103 cm³/mol. The number of aromatic nitrogens is 2. The summed E-state index contributed by atoms with van der Waals surface area (Å²) in [6.45, 7) is 1.04. The summed E-state index contributed by atoms with van der Waals surface area (Å²) in [6, 6.07) is 19.6. The van der Waals surface area contributed by atoms with E-state index in [0.29, 0.717) is 11.4 Å². The molecule has 3 rings (SSSR count). The summed E-state index contributed by atoms with van der Waals surface area (Å²) in [7, 11) is 0. The van der Waals surface area contributed by atoms with Gasteiger partial charge in [0.05, 0.1) is 5.69 Å². The van der Waals surface area contributed by atoms with Gasteiger partial charge in [-0.1, -0.05) is 48.5 Å². The van der Waals surface area contributed by atoms with E-state index in [0.717, 1.165) is 10.2 Å². The minimum absolute atomic E-state index is 0.0730. The lowest BCUT2D eigenvalue weighted by atomic mass is 10.1. The highest BCUT2D eigenvalue weighted by atomic mass is 16.2. The van der Waals surface area contributed by atoms with E-state index >= 15 is 0 Å². The van der Waals surface area contributed by atoms with Crippen LogP contribution in [0.5, 0.6) is 0 Å². The monoisotopic (exact) mass is 362 g/mol. The van der Waals surface area contributed by atoms with Crippen LogP contribution in [0.25, 0.3) is 11.3 Å². The van der Waals surface area contributed by atoms with Crippen LogP contribution in [-0.2, 0) is 16.1 Å². The normalized spacial score (nSPS) is 10.3. The van der Waals surface area contributed by atoms with E-state index in [2.05, 4.69) is 15.7 Å². The number of carbonyl (C=O) groups is 2. The predicted octanol–water partition coefficient (Wildman–Crippen LogP) is 2.51. The topological polar surface area (TPSA) is 93.1 Å². The molecule has 2 N–H and O–H groups in total. The molecule has 7 nitrogen and oxygen atoms in total. The van der Waals surface area contributed by atoms with Gasteiger partial charge >= 0.3 is 0 Å². The van der Waals surface area contributed by atoms with Crippen molar-refractivity contribution in [2.45, 2.75) is 13.5 Å². The van der Waals surface area contributed by atoms with Gasteiger partial charge in [0.15, 0.2) is 0 Å². The zero-order chi connectivity index (χ0) is 19.2. The van der Waals surface area contributed by atoms with Gasteiger partial charge in [-0.3, -0.25) is 14.4 Å². The van der Waals surface area contributed by atoms with Crippen molar-refractivity contribution in [2.24, 2.45) is 0 Å². The molecule has 0 aliphatic rings. The molecule has 136 valence electrons. The number of benzene rings is 2. The number of anilines is 2. The number of hydrogen-bond donors (Lipinski definition) is 2. The lowest BCUT2D eigenvalue weighted by Gasteiger charge is -2.11. The molecular weight excluding hydrogens is 344 g/mol. The summed E-state index contributed by atoms with van der Waals surface area (Å²) in [5.74, 6) is -0.771. The molecule has 3 aromatic rings. The Bertz CT molecular complexity index is 1010. The number of carbonyl (C=O) groups excluding carboxylic acids is 2. The van der Waals surface area contributed by atoms with Crippen LogP contribution >= 0.6 is 0 Å². The first-order valence-corrected chi connectivity index (χ1v) is 8.33. The van der Waals surface area contributed by atoms with Gasteiger partial charge < -0.3 is 10.6 Å². The molecule has 0 radical (unpaired) electrons. The number of nitrogens with one attached hydrogen (secondary N) is 2. The van der Waals surface area contributed by atoms with Crippen LogP contribution < -0.4 is 16.2 Å².